The van der Waals surface area contributed by atoms with Crippen molar-refractivity contribution in [1.29, 1.82) is 0 Å². The highest BCUT2D eigenvalue weighted by Crippen LogP contribution is 2.23. The van der Waals surface area contributed by atoms with E-state index in [2.05, 4.69) is 16.6 Å². The molecule has 0 N–H and O–H groups in total. The molecule has 0 amide bonds. The van der Waals surface area contributed by atoms with E-state index in [4.69, 9.17) is 0 Å². The first-order valence-electron chi connectivity index (χ1n) is 9.27. The standard InChI is InChI=1S/C22H27NO3/c1-23-20-15-12-11-13-18(20)19(17-24)21(23)14-9-7-5-3-4-6-8-10-16-22(25)26-2/h11-13,15,17H,3-8,10,16H2,1-2H3. The van der Waals surface area contributed by atoms with E-state index in [-0.39, 0.29) is 5.97 Å². The summed E-state index contributed by atoms with van der Waals surface area (Å²) in [6.45, 7) is 0. The molecule has 4 nitrogen and oxygen atoms in total. The van der Waals surface area contributed by atoms with Crippen LogP contribution < -0.4 is 0 Å². The van der Waals surface area contributed by atoms with Crippen LogP contribution in [0.25, 0.3) is 10.9 Å². The Morgan fingerprint density at radius 2 is 1.81 bits per heavy atom. The second-order valence-corrected chi connectivity index (χ2v) is 6.46. The molecule has 1 heterocycles. The molecular weight excluding hydrogens is 326 g/mol. The Morgan fingerprint density at radius 3 is 2.54 bits per heavy atom. The highest BCUT2D eigenvalue weighted by Gasteiger charge is 2.11. The first kappa shape index (κ1) is 19.8. The van der Waals surface area contributed by atoms with E-state index in [1.54, 1.807) is 0 Å². The number of fused-ring (bicyclic) bond motifs is 1. The molecule has 0 fully saturated rings. The molecule has 0 aliphatic carbocycles. The van der Waals surface area contributed by atoms with Crippen molar-refractivity contribution in [2.45, 2.75) is 51.4 Å². The molecule has 0 bridgehead atoms. The number of aryl methyl sites for hydroxylation is 1. The Kier molecular flexibility index (Phi) is 7.95. The lowest BCUT2D eigenvalue weighted by Crippen LogP contribution is -1.99. The van der Waals surface area contributed by atoms with Crippen LogP contribution in [0.3, 0.4) is 0 Å². The molecule has 0 aliphatic heterocycles. The topological polar surface area (TPSA) is 48.3 Å². The Labute approximate surface area is 155 Å². The fourth-order valence-corrected chi connectivity index (χ4v) is 3.13. The van der Waals surface area contributed by atoms with Crippen LogP contribution in [0, 0.1) is 11.8 Å². The van der Waals surface area contributed by atoms with Gasteiger partial charge in [-0.25, -0.2) is 0 Å². The zero-order valence-corrected chi connectivity index (χ0v) is 15.7. The summed E-state index contributed by atoms with van der Waals surface area (Å²) >= 11 is 0. The molecule has 0 unspecified atom stereocenters. The van der Waals surface area contributed by atoms with Crippen molar-refractivity contribution in [3.63, 3.8) is 0 Å². The number of benzene rings is 1. The number of carbonyl (C=O) groups excluding carboxylic acids is 2. The minimum Gasteiger partial charge on any atom is -0.469 e. The smallest absolute Gasteiger partial charge is 0.305 e. The Morgan fingerprint density at radius 1 is 1.12 bits per heavy atom. The van der Waals surface area contributed by atoms with Crippen molar-refractivity contribution in [3.8, 4) is 11.8 Å². The molecule has 1 aromatic carbocycles. The lowest BCUT2D eigenvalue weighted by atomic mass is 10.1. The van der Waals surface area contributed by atoms with Crippen LogP contribution in [0.4, 0.5) is 0 Å². The Balaban J connectivity index is 1.75. The number of methoxy groups -OCH3 is 1. The van der Waals surface area contributed by atoms with E-state index in [0.717, 1.165) is 67.8 Å². The van der Waals surface area contributed by atoms with Crippen molar-refractivity contribution < 1.29 is 14.3 Å². The number of unbranched alkanes of at least 4 members (excludes halogenated alkanes) is 6. The minimum atomic E-state index is -0.122. The van der Waals surface area contributed by atoms with Gasteiger partial charge in [-0.2, -0.15) is 0 Å². The maximum absolute atomic E-state index is 11.5. The van der Waals surface area contributed by atoms with Gasteiger partial charge in [-0.05, 0) is 24.8 Å². The van der Waals surface area contributed by atoms with Gasteiger partial charge in [0, 0.05) is 30.8 Å². The molecule has 4 heteroatoms. The molecule has 2 rings (SSSR count). The van der Waals surface area contributed by atoms with Gasteiger partial charge in [-0.3, -0.25) is 9.59 Å². The van der Waals surface area contributed by atoms with Crippen LogP contribution in [-0.4, -0.2) is 23.9 Å². The van der Waals surface area contributed by atoms with Crippen LogP contribution in [0.15, 0.2) is 24.3 Å². The van der Waals surface area contributed by atoms with Gasteiger partial charge in [0.2, 0.25) is 0 Å². The van der Waals surface area contributed by atoms with Gasteiger partial charge >= 0.3 is 5.97 Å². The number of esters is 1. The quantitative estimate of drug-likeness (QED) is 0.286. The summed E-state index contributed by atoms with van der Waals surface area (Å²) in [5.74, 6) is 6.27. The number of ether oxygens (including phenoxy) is 1. The predicted molar refractivity (Wildman–Crippen MR) is 104 cm³/mol. The molecule has 2 aromatic rings. The molecule has 138 valence electrons. The first-order valence-corrected chi connectivity index (χ1v) is 9.27. The van der Waals surface area contributed by atoms with Crippen molar-refractivity contribution in [3.05, 3.63) is 35.5 Å². The molecular formula is C22H27NO3. The number of rotatable bonds is 9. The summed E-state index contributed by atoms with van der Waals surface area (Å²) in [5.41, 5.74) is 2.51. The Hall–Kier alpha value is -2.54. The van der Waals surface area contributed by atoms with Crippen molar-refractivity contribution in [2.75, 3.05) is 7.11 Å². The zero-order valence-electron chi connectivity index (χ0n) is 15.7. The van der Waals surface area contributed by atoms with Crippen LogP contribution in [0.1, 0.15) is 67.4 Å². The molecule has 0 aliphatic rings. The van der Waals surface area contributed by atoms with Gasteiger partial charge in [0.15, 0.2) is 6.29 Å². The number of hydrogen-bond donors (Lipinski definition) is 0. The van der Waals surface area contributed by atoms with Gasteiger partial charge < -0.3 is 9.30 Å². The van der Waals surface area contributed by atoms with Crippen LogP contribution >= 0.6 is 0 Å². The third kappa shape index (κ3) is 5.23. The average Bonchev–Trinajstić information content (AvgIpc) is 2.94. The van der Waals surface area contributed by atoms with E-state index in [1.807, 2.05) is 35.9 Å². The molecule has 0 radical (unpaired) electrons. The highest BCUT2D eigenvalue weighted by molar-refractivity contribution is 6.00. The fraction of sp³-hybridized carbons (Fsp3) is 0.455. The summed E-state index contributed by atoms with van der Waals surface area (Å²) in [4.78, 5) is 22.5. The van der Waals surface area contributed by atoms with Gasteiger partial charge in [0.1, 0.15) is 5.69 Å². The van der Waals surface area contributed by atoms with E-state index < -0.39 is 0 Å². The van der Waals surface area contributed by atoms with Crippen LogP contribution in [0.2, 0.25) is 0 Å². The molecule has 0 saturated carbocycles. The van der Waals surface area contributed by atoms with E-state index in [1.165, 1.54) is 7.11 Å². The third-order valence-corrected chi connectivity index (χ3v) is 4.63. The fourth-order valence-electron chi connectivity index (χ4n) is 3.13. The van der Waals surface area contributed by atoms with Gasteiger partial charge in [0.05, 0.1) is 12.7 Å². The third-order valence-electron chi connectivity index (χ3n) is 4.63. The number of hydrogen-bond acceptors (Lipinski definition) is 3. The largest absolute Gasteiger partial charge is 0.469 e. The van der Waals surface area contributed by atoms with Crippen molar-refractivity contribution >= 4 is 23.2 Å². The van der Waals surface area contributed by atoms with Crippen LogP contribution in [0.5, 0.6) is 0 Å². The molecule has 26 heavy (non-hydrogen) atoms. The van der Waals surface area contributed by atoms with Gasteiger partial charge in [-0.15, -0.1) is 0 Å². The molecule has 0 atom stereocenters. The number of nitrogens with zero attached hydrogens (tertiary/aromatic N) is 1. The summed E-state index contributed by atoms with van der Waals surface area (Å²) < 4.78 is 6.62. The highest BCUT2D eigenvalue weighted by atomic mass is 16.5. The first-order chi connectivity index (χ1) is 12.7. The average molecular weight is 353 g/mol. The maximum Gasteiger partial charge on any atom is 0.305 e. The Bertz CT molecular complexity index is 808. The van der Waals surface area contributed by atoms with E-state index in [0.29, 0.717) is 12.0 Å². The second kappa shape index (κ2) is 10.5. The minimum absolute atomic E-state index is 0.122. The normalized spacial score (nSPS) is 10.4. The van der Waals surface area contributed by atoms with E-state index >= 15 is 0 Å². The van der Waals surface area contributed by atoms with Crippen molar-refractivity contribution in [2.24, 2.45) is 7.05 Å². The van der Waals surface area contributed by atoms with Gasteiger partial charge in [0.25, 0.3) is 0 Å². The van der Waals surface area contributed by atoms with E-state index in [9.17, 15) is 9.59 Å². The number of para-hydroxylation sites is 1. The monoisotopic (exact) mass is 353 g/mol. The zero-order chi connectivity index (χ0) is 18.8. The molecule has 0 spiro atoms. The summed E-state index contributed by atoms with van der Waals surface area (Å²) in [6, 6.07) is 7.88. The van der Waals surface area contributed by atoms with Gasteiger partial charge in [-0.1, -0.05) is 49.8 Å². The van der Waals surface area contributed by atoms with Crippen molar-refractivity contribution in [1.82, 2.24) is 4.57 Å². The lowest BCUT2D eigenvalue weighted by Gasteiger charge is -2.00. The summed E-state index contributed by atoms with van der Waals surface area (Å²) in [6.07, 6.45) is 8.74. The SMILES string of the molecule is COC(=O)CCCCCCCCC#Cc1c(C=O)c2ccccc2n1C. The number of carbonyl (C=O) groups is 2. The number of aromatic nitrogens is 1. The lowest BCUT2D eigenvalue weighted by molar-refractivity contribution is -0.140. The number of aldehydes is 1. The summed E-state index contributed by atoms with van der Waals surface area (Å²) in [5, 5.41) is 0.959. The second-order valence-electron chi connectivity index (χ2n) is 6.46. The molecule has 0 saturated heterocycles. The predicted octanol–water partition coefficient (Wildman–Crippen LogP) is 4.64. The van der Waals surface area contributed by atoms with Crippen LogP contribution in [-0.2, 0) is 16.6 Å². The summed E-state index contributed by atoms with van der Waals surface area (Å²) in [7, 11) is 3.38. The molecule has 1 aromatic heterocycles. The maximum atomic E-state index is 11.5.